The standard InChI is InChI=1S/C11H14Cl2N2O/c1-14-10(16)6-3-7-15-9-5-2-4-8(12)11(9)13/h2,4-5,15H,3,6-7H2,1H3,(H,14,16). The minimum atomic E-state index is 0.0407. The van der Waals surface area contributed by atoms with Gasteiger partial charge in [-0.3, -0.25) is 4.79 Å². The lowest BCUT2D eigenvalue weighted by Gasteiger charge is -2.08. The SMILES string of the molecule is CNC(=O)CCCNc1cccc(Cl)c1Cl. The summed E-state index contributed by atoms with van der Waals surface area (Å²) in [7, 11) is 1.63. The Hall–Kier alpha value is -0.930. The van der Waals surface area contributed by atoms with Gasteiger partial charge in [0.15, 0.2) is 0 Å². The van der Waals surface area contributed by atoms with E-state index in [1.807, 2.05) is 12.1 Å². The molecule has 1 rings (SSSR count). The van der Waals surface area contributed by atoms with E-state index in [9.17, 15) is 4.79 Å². The van der Waals surface area contributed by atoms with Crippen molar-refractivity contribution >= 4 is 34.8 Å². The summed E-state index contributed by atoms with van der Waals surface area (Å²) in [5, 5.41) is 6.75. The monoisotopic (exact) mass is 260 g/mol. The van der Waals surface area contributed by atoms with Crippen molar-refractivity contribution in [2.24, 2.45) is 0 Å². The smallest absolute Gasteiger partial charge is 0.219 e. The lowest BCUT2D eigenvalue weighted by Crippen LogP contribution is -2.18. The highest BCUT2D eigenvalue weighted by molar-refractivity contribution is 6.43. The van der Waals surface area contributed by atoms with Crippen LogP contribution in [0.5, 0.6) is 0 Å². The summed E-state index contributed by atoms with van der Waals surface area (Å²) in [6.45, 7) is 0.688. The Morgan fingerprint density at radius 2 is 2.12 bits per heavy atom. The number of carbonyl (C=O) groups is 1. The highest BCUT2D eigenvalue weighted by atomic mass is 35.5. The van der Waals surface area contributed by atoms with E-state index in [1.165, 1.54) is 0 Å². The van der Waals surface area contributed by atoms with Gasteiger partial charge in [0.25, 0.3) is 0 Å². The molecule has 3 nitrogen and oxygen atoms in total. The Bertz CT molecular complexity index is 369. The Morgan fingerprint density at radius 3 is 2.81 bits per heavy atom. The van der Waals surface area contributed by atoms with Gasteiger partial charge in [0.1, 0.15) is 0 Å². The van der Waals surface area contributed by atoms with Gasteiger partial charge >= 0.3 is 0 Å². The number of rotatable bonds is 5. The molecule has 0 heterocycles. The lowest BCUT2D eigenvalue weighted by atomic mass is 10.2. The number of hydrogen-bond acceptors (Lipinski definition) is 2. The molecule has 0 aliphatic carbocycles. The topological polar surface area (TPSA) is 41.1 Å². The summed E-state index contributed by atoms with van der Waals surface area (Å²) in [5.74, 6) is 0.0407. The van der Waals surface area contributed by atoms with Crippen molar-refractivity contribution in [3.8, 4) is 0 Å². The number of carbonyl (C=O) groups excluding carboxylic acids is 1. The van der Waals surface area contributed by atoms with Gasteiger partial charge in [0.05, 0.1) is 15.7 Å². The van der Waals surface area contributed by atoms with E-state index in [-0.39, 0.29) is 5.91 Å². The van der Waals surface area contributed by atoms with Gasteiger partial charge in [0.2, 0.25) is 5.91 Å². The minimum Gasteiger partial charge on any atom is -0.384 e. The maximum atomic E-state index is 11.0. The molecule has 0 spiro atoms. The first-order valence-electron chi connectivity index (χ1n) is 5.03. The summed E-state index contributed by atoms with van der Waals surface area (Å²) in [6.07, 6.45) is 1.25. The van der Waals surface area contributed by atoms with Crippen LogP contribution in [0.3, 0.4) is 0 Å². The molecule has 1 amide bonds. The molecule has 88 valence electrons. The van der Waals surface area contributed by atoms with Gasteiger partial charge in [0, 0.05) is 20.0 Å². The highest BCUT2D eigenvalue weighted by Crippen LogP contribution is 2.29. The second kappa shape index (κ2) is 6.61. The fraction of sp³-hybridized carbons (Fsp3) is 0.364. The zero-order valence-corrected chi connectivity index (χ0v) is 10.5. The number of hydrogen-bond donors (Lipinski definition) is 2. The average Bonchev–Trinajstić information content (AvgIpc) is 2.29. The second-order valence-electron chi connectivity index (χ2n) is 3.30. The first-order valence-corrected chi connectivity index (χ1v) is 5.79. The fourth-order valence-corrected chi connectivity index (χ4v) is 1.60. The maximum Gasteiger partial charge on any atom is 0.219 e. The summed E-state index contributed by atoms with van der Waals surface area (Å²) < 4.78 is 0. The van der Waals surface area contributed by atoms with Crippen LogP contribution >= 0.6 is 23.2 Å². The quantitative estimate of drug-likeness (QED) is 0.800. The minimum absolute atomic E-state index is 0.0407. The van der Waals surface area contributed by atoms with Crippen molar-refractivity contribution < 1.29 is 4.79 Å². The third-order valence-corrected chi connectivity index (χ3v) is 2.95. The Morgan fingerprint density at radius 1 is 1.38 bits per heavy atom. The van der Waals surface area contributed by atoms with Crippen molar-refractivity contribution in [1.82, 2.24) is 5.32 Å². The molecule has 0 bridgehead atoms. The van der Waals surface area contributed by atoms with Crippen LogP contribution in [0, 0.1) is 0 Å². The zero-order valence-electron chi connectivity index (χ0n) is 9.02. The molecule has 0 unspecified atom stereocenters. The van der Waals surface area contributed by atoms with E-state index < -0.39 is 0 Å². The lowest BCUT2D eigenvalue weighted by molar-refractivity contribution is -0.120. The van der Waals surface area contributed by atoms with Crippen molar-refractivity contribution in [2.75, 3.05) is 18.9 Å². The summed E-state index contributed by atoms with van der Waals surface area (Å²) in [5.41, 5.74) is 0.797. The first-order chi connectivity index (χ1) is 7.65. The molecule has 1 aromatic carbocycles. The predicted octanol–water partition coefficient (Wildman–Crippen LogP) is 2.93. The molecule has 0 aliphatic heterocycles. The van der Waals surface area contributed by atoms with Crippen LogP contribution in [-0.4, -0.2) is 19.5 Å². The molecule has 16 heavy (non-hydrogen) atoms. The van der Waals surface area contributed by atoms with E-state index >= 15 is 0 Å². The van der Waals surface area contributed by atoms with Crippen LogP contribution in [-0.2, 0) is 4.79 Å². The summed E-state index contributed by atoms with van der Waals surface area (Å²) >= 11 is 11.9. The average molecular weight is 261 g/mol. The van der Waals surface area contributed by atoms with E-state index in [0.717, 1.165) is 12.1 Å². The molecule has 1 aromatic rings. The molecule has 0 aliphatic rings. The van der Waals surface area contributed by atoms with Gasteiger partial charge in [-0.15, -0.1) is 0 Å². The molecule has 0 radical (unpaired) electrons. The van der Waals surface area contributed by atoms with Crippen LogP contribution < -0.4 is 10.6 Å². The molecule has 5 heteroatoms. The van der Waals surface area contributed by atoms with Crippen molar-refractivity contribution in [3.05, 3.63) is 28.2 Å². The first kappa shape index (κ1) is 13.1. The van der Waals surface area contributed by atoms with Crippen LogP contribution in [0.1, 0.15) is 12.8 Å². The van der Waals surface area contributed by atoms with E-state index in [2.05, 4.69) is 10.6 Å². The molecule has 0 saturated heterocycles. The van der Waals surface area contributed by atoms with E-state index in [4.69, 9.17) is 23.2 Å². The van der Waals surface area contributed by atoms with Gasteiger partial charge in [-0.05, 0) is 18.6 Å². The largest absolute Gasteiger partial charge is 0.384 e. The third kappa shape index (κ3) is 3.91. The van der Waals surface area contributed by atoms with Crippen molar-refractivity contribution in [1.29, 1.82) is 0 Å². The molecule has 0 saturated carbocycles. The van der Waals surface area contributed by atoms with Crippen molar-refractivity contribution in [2.45, 2.75) is 12.8 Å². The Kier molecular flexibility index (Phi) is 5.43. The molecule has 0 aromatic heterocycles. The van der Waals surface area contributed by atoms with Gasteiger partial charge in [-0.2, -0.15) is 0 Å². The normalized spacial score (nSPS) is 9.94. The Balaban J connectivity index is 2.38. The maximum absolute atomic E-state index is 11.0. The zero-order chi connectivity index (χ0) is 12.0. The molecule has 0 atom stereocenters. The van der Waals surface area contributed by atoms with Crippen LogP contribution in [0.4, 0.5) is 5.69 Å². The fourth-order valence-electron chi connectivity index (χ4n) is 1.24. The molecular weight excluding hydrogens is 247 g/mol. The number of halogens is 2. The number of benzene rings is 1. The van der Waals surface area contributed by atoms with Crippen LogP contribution in [0.15, 0.2) is 18.2 Å². The molecule has 0 fully saturated rings. The highest BCUT2D eigenvalue weighted by Gasteiger charge is 2.03. The van der Waals surface area contributed by atoms with Gasteiger partial charge in [-0.1, -0.05) is 29.3 Å². The van der Waals surface area contributed by atoms with E-state index in [1.54, 1.807) is 13.1 Å². The number of nitrogens with one attached hydrogen (secondary N) is 2. The third-order valence-electron chi connectivity index (χ3n) is 2.13. The van der Waals surface area contributed by atoms with Crippen LogP contribution in [0.25, 0.3) is 0 Å². The summed E-state index contributed by atoms with van der Waals surface area (Å²) in [4.78, 5) is 11.0. The Labute approximate surface area is 105 Å². The molecular formula is C11H14Cl2N2O. The van der Waals surface area contributed by atoms with Crippen molar-refractivity contribution in [3.63, 3.8) is 0 Å². The number of amides is 1. The number of anilines is 1. The molecule has 2 N–H and O–H groups in total. The van der Waals surface area contributed by atoms with Gasteiger partial charge in [-0.25, -0.2) is 0 Å². The predicted molar refractivity (Wildman–Crippen MR) is 68.3 cm³/mol. The van der Waals surface area contributed by atoms with E-state index in [0.29, 0.717) is 23.0 Å². The summed E-state index contributed by atoms with van der Waals surface area (Å²) in [6, 6.07) is 5.42. The van der Waals surface area contributed by atoms with Crippen LogP contribution in [0.2, 0.25) is 10.0 Å². The van der Waals surface area contributed by atoms with Gasteiger partial charge < -0.3 is 10.6 Å². The second-order valence-corrected chi connectivity index (χ2v) is 4.09.